The molecule has 4 aromatic rings. The fourth-order valence-corrected chi connectivity index (χ4v) is 2.37. The number of fused-ring (bicyclic) bond motifs is 1. The third-order valence-electron chi connectivity index (χ3n) is 3.41. The van der Waals surface area contributed by atoms with Crippen LogP contribution in [0, 0.1) is 0 Å². The van der Waals surface area contributed by atoms with Crippen LogP contribution in [-0.2, 0) is 0 Å². The SMILES string of the molecule is O=Cc1cnc2c(ccn2-c2cncc(-c3ccno3)c2)c1. The second kappa shape index (κ2) is 4.92. The number of rotatable bonds is 3. The third kappa shape index (κ3) is 1.98. The zero-order valence-corrected chi connectivity index (χ0v) is 11.4. The number of nitrogens with zero attached hydrogens (tertiary/aromatic N) is 4. The summed E-state index contributed by atoms with van der Waals surface area (Å²) in [4.78, 5) is 19.4. The molecule has 106 valence electrons. The molecule has 0 aliphatic rings. The molecule has 4 aromatic heterocycles. The highest BCUT2D eigenvalue weighted by Crippen LogP contribution is 2.23. The van der Waals surface area contributed by atoms with Crippen LogP contribution >= 0.6 is 0 Å². The quantitative estimate of drug-likeness (QED) is 0.542. The molecule has 6 heteroatoms. The standard InChI is InChI=1S/C16H10N4O2/c21-10-11-5-12-2-4-20(16(12)18-7-11)14-6-13(8-17-9-14)15-1-3-19-22-15/h1-10H. The van der Waals surface area contributed by atoms with Gasteiger partial charge in [-0.15, -0.1) is 0 Å². The second-order valence-electron chi connectivity index (χ2n) is 4.79. The lowest BCUT2D eigenvalue weighted by Crippen LogP contribution is -1.95. The summed E-state index contributed by atoms with van der Waals surface area (Å²) < 4.78 is 7.07. The van der Waals surface area contributed by atoms with Crippen molar-refractivity contribution < 1.29 is 9.32 Å². The molecular weight excluding hydrogens is 280 g/mol. The maximum atomic E-state index is 10.8. The Morgan fingerprint density at radius 2 is 2.09 bits per heavy atom. The first-order valence-corrected chi connectivity index (χ1v) is 6.64. The first kappa shape index (κ1) is 12.5. The fraction of sp³-hybridized carbons (Fsp3) is 0. The summed E-state index contributed by atoms with van der Waals surface area (Å²) in [7, 11) is 0. The van der Waals surface area contributed by atoms with Gasteiger partial charge in [-0.25, -0.2) is 4.98 Å². The van der Waals surface area contributed by atoms with E-state index in [4.69, 9.17) is 4.52 Å². The predicted molar refractivity (Wildman–Crippen MR) is 79.7 cm³/mol. The normalized spacial score (nSPS) is 10.9. The molecule has 0 saturated heterocycles. The molecule has 0 aliphatic carbocycles. The molecule has 22 heavy (non-hydrogen) atoms. The van der Waals surface area contributed by atoms with Crippen LogP contribution in [0.5, 0.6) is 0 Å². The first-order chi connectivity index (χ1) is 10.8. The van der Waals surface area contributed by atoms with E-state index in [1.54, 1.807) is 36.9 Å². The Balaban J connectivity index is 1.85. The minimum atomic E-state index is 0.554. The van der Waals surface area contributed by atoms with E-state index in [-0.39, 0.29) is 0 Å². The largest absolute Gasteiger partial charge is 0.356 e. The van der Waals surface area contributed by atoms with E-state index < -0.39 is 0 Å². The lowest BCUT2D eigenvalue weighted by atomic mass is 10.2. The molecule has 4 rings (SSSR count). The molecule has 4 heterocycles. The van der Waals surface area contributed by atoms with E-state index >= 15 is 0 Å². The average Bonchev–Trinajstić information content (AvgIpc) is 3.24. The summed E-state index contributed by atoms with van der Waals surface area (Å²) in [5.41, 5.74) is 3.01. The highest BCUT2D eigenvalue weighted by atomic mass is 16.5. The van der Waals surface area contributed by atoms with Crippen molar-refractivity contribution in [2.45, 2.75) is 0 Å². The zero-order valence-electron chi connectivity index (χ0n) is 11.4. The second-order valence-corrected chi connectivity index (χ2v) is 4.79. The van der Waals surface area contributed by atoms with Crippen LogP contribution in [0.4, 0.5) is 0 Å². The van der Waals surface area contributed by atoms with Gasteiger partial charge in [0.15, 0.2) is 12.0 Å². The minimum absolute atomic E-state index is 0.554. The van der Waals surface area contributed by atoms with Gasteiger partial charge in [-0.2, -0.15) is 0 Å². The summed E-state index contributed by atoms with van der Waals surface area (Å²) in [6, 6.07) is 7.45. The van der Waals surface area contributed by atoms with E-state index in [1.807, 2.05) is 22.9 Å². The maximum Gasteiger partial charge on any atom is 0.168 e. The lowest BCUT2D eigenvalue weighted by Gasteiger charge is -2.05. The number of hydrogen-bond acceptors (Lipinski definition) is 5. The highest BCUT2D eigenvalue weighted by molar-refractivity contribution is 5.85. The number of carbonyl (C=O) groups excluding carboxylic acids is 1. The van der Waals surface area contributed by atoms with Gasteiger partial charge in [0.05, 0.1) is 18.1 Å². The Morgan fingerprint density at radius 3 is 2.91 bits per heavy atom. The van der Waals surface area contributed by atoms with Crippen molar-refractivity contribution in [2.24, 2.45) is 0 Å². The summed E-state index contributed by atoms with van der Waals surface area (Å²) in [6.45, 7) is 0. The van der Waals surface area contributed by atoms with E-state index in [0.29, 0.717) is 11.3 Å². The van der Waals surface area contributed by atoms with Crippen molar-refractivity contribution in [3.05, 3.63) is 60.8 Å². The Labute approximate surface area is 125 Å². The molecule has 0 radical (unpaired) electrons. The summed E-state index contributed by atoms with van der Waals surface area (Å²) in [5.74, 6) is 0.655. The van der Waals surface area contributed by atoms with Gasteiger partial charge in [-0.3, -0.25) is 14.3 Å². The molecule has 0 N–H and O–H groups in total. The lowest BCUT2D eigenvalue weighted by molar-refractivity contribution is 0.112. The topological polar surface area (TPSA) is 73.8 Å². The van der Waals surface area contributed by atoms with Crippen LogP contribution in [0.25, 0.3) is 28.0 Å². The fourth-order valence-electron chi connectivity index (χ4n) is 2.37. The van der Waals surface area contributed by atoms with Gasteiger partial charge in [0.1, 0.15) is 5.65 Å². The third-order valence-corrected chi connectivity index (χ3v) is 3.41. The van der Waals surface area contributed by atoms with Crippen LogP contribution in [-0.4, -0.2) is 26.0 Å². The monoisotopic (exact) mass is 290 g/mol. The van der Waals surface area contributed by atoms with Crippen LogP contribution in [0.15, 0.2) is 59.8 Å². The number of carbonyl (C=O) groups is 1. The van der Waals surface area contributed by atoms with Gasteiger partial charge in [-0.1, -0.05) is 5.16 Å². The van der Waals surface area contributed by atoms with Crippen LogP contribution < -0.4 is 0 Å². The summed E-state index contributed by atoms with van der Waals surface area (Å²) >= 11 is 0. The molecule has 0 amide bonds. The molecule has 0 bridgehead atoms. The maximum absolute atomic E-state index is 10.8. The Kier molecular flexibility index (Phi) is 2.79. The van der Waals surface area contributed by atoms with E-state index in [9.17, 15) is 4.79 Å². The van der Waals surface area contributed by atoms with Crippen LogP contribution in [0.3, 0.4) is 0 Å². The van der Waals surface area contributed by atoms with Gasteiger partial charge in [0.25, 0.3) is 0 Å². The zero-order chi connectivity index (χ0) is 14.9. The Hall–Kier alpha value is -3.28. The predicted octanol–water partition coefficient (Wildman–Crippen LogP) is 2.89. The van der Waals surface area contributed by atoms with E-state index in [0.717, 1.165) is 28.6 Å². The van der Waals surface area contributed by atoms with Crippen molar-refractivity contribution in [1.29, 1.82) is 0 Å². The van der Waals surface area contributed by atoms with Gasteiger partial charge in [0.2, 0.25) is 0 Å². The summed E-state index contributed by atoms with van der Waals surface area (Å²) in [5, 5.41) is 4.60. The molecule has 0 atom stereocenters. The number of aldehydes is 1. The van der Waals surface area contributed by atoms with Gasteiger partial charge < -0.3 is 4.52 Å². The Bertz CT molecular complexity index is 957. The van der Waals surface area contributed by atoms with Crippen molar-refractivity contribution in [3.63, 3.8) is 0 Å². The van der Waals surface area contributed by atoms with Crippen molar-refractivity contribution in [2.75, 3.05) is 0 Å². The van der Waals surface area contributed by atoms with Crippen molar-refractivity contribution in [1.82, 2.24) is 19.7 Å². The molecule has 0 fully saturated rings. The molecule has 6 nitrogen and oxygen atoms in total. The smallest absolute Gasteiger partial charge is 0.168 e. The number of aromatic nitrogens is 4. The minimum Gasteiger partial charge on any atom is -0.356 e. The van der Waals surface area contributed by atoms with Crippen molar-refractivity contribution >= 4 is 17.3 Å². The van der Waals surface area contributed by atoms with Crippen LogP contribution in [0.1, 0.15) is 10.4 Å². The molecular formula is C16H10N4O2. The van der Waals surface area contributed by atoms with Crippen LogP contribution in [0.2, 0.25) is 0 Å². The van der Waals surface area contributed by atoms with Crippen molar-refractivity contribution in [3.8, 4) is 17.0 Å². The number of pyridine rings is 2. The first-order valence-electron chi connectivity index (χ1n) is 6.64. The molecule has 0 aliphatic heterocycles. The van der Waals surface area contributed by atoms with Gasteiger partial charge >= 0.3 is 0 Å². The molecule has 0 unspecified atom stereocenters. The van der Waals surface area contributed by atoms with Gasteiger partial charge in [0, 0.05) is 41.2 Å². The molecule has 0 aromatic carbocycles. The number of hydrogen-bond donors (Lipinski definition) is 0. The van der Waals surface area contributed by atoms with E-state index in [1.165, 1.54) is 0 Å². The highest BCUT2D eigenvalue weighted by Gasteiger charge is 2.08. The molecule has 0 saturated carbocycles. The van der Waals surface area contributed by atoms with Gasteiger partial charge in [-0.05, 0) is 18.2 Å². The molecule has 0 spiro atoms. The average molecular weight is 290 g/mol. The van der Waals surface area contributed by atoms with E-state index in [2.05, 4.69) is 15.1 Å². The summed E-state index contributed by atoms with van der Waals surface area (Å²) in [6.07, 6.45) is 9.29. The Morgan fingerprint density at radius 1 is 1.14 bits per heavy atom.